The Morgan fingerprint density at radius 3 is 2.79 bits per heavy atom. The predicted molar refractivity (Wildman–Crippen MR) is 80.4 cm³/mol. The van der Waals surface area contributed by atoms with Crippen molar-refractivity contribution in [2.75, 3.05) is 14.2 Å². The number of rotatable bonds is 5. The van der Waals surface area contributed by atoms with Crippen LogP contribution in [0.5, 0.6) is 5.75 Å². The Balaban J connectivity index is 2.26. The number of methoxy groups -OCH3 is 1. The summed E-state index contributed by atoms with van der Waals surface area (Å²) < 4.78 is 6.47. The van der Waals surface area contributed by atoms with E-state index < -0.39 is 0 Å². The highest BCUT2D eigenvalue weighted by Gasteiger charge is 2.14. The van der Waals surface area contributed by atoms with Crippen LogP contribution in [-0.4, -0.2) is 19.1 Å². The summed E-state index contributed by atoms with van der Waals surface area (Å²) in [4.78, 5) is 4.41. The third kappa shape index (κ3) is 3.55. The highest BCUT2D eigenvalue weighted by molar-refractivity contribution is 9.10. The number of nitrogens with one attached hydrogen (secondary N) is 1. The zero-order valence-corrected chi connectivity index (χ0v) is 12.6. The molecule has 0 radical (unpaired) electrons. The van der Waals surface area contributed by atoms with E-state index in [4.69, 9.17) is 4.74 Å². The summed E-state index contributed by atoms with van der Waals surface area (Å²) >= 11 is 3.50. The molecule has 1 unspecified atom stereocenters. The first kappa shape index (κ1) is 14.0. The molecule has 2 rings (SSSR count). The van der Waals surface area contributed by atoms with Gasteiger partial charge < -0.3 is 10.1 Å². The molecule has 1 heterocycles. The van der Waals surface area contributed by atoms with Gasteiger partial charge in [-0.15, -0.1) is 0 Å². The minimum absolute atomic E-state index is 0.171. The highest BCUT2D eigenvalue weighted by atomic mass is 79.9. The Kier molecular flexibility index (Phi) is 4.93. The third-order valence-corrected chi connectivity index (χ3v) is 3.55. The summed E-state index contributed by atoms with van der Waals surface area (Å²) in [5.41, 5.74) is 2.19. The minimum atomic E-state index is 0.171. The highest BCUT2D eigenvalue weighted by Crippen LogP contribution is 2.27. The van der Waals surface area contributed by atoms with Crippen LogP contribution < -0.4 is 10.1 Å². The molecule has 0 saturated heterocycles. The van der Waals surface area contributed by atoms with Gasteiger partial charge in [0.25, 0.3) is 0 Å². The summed E-state index contributed by atoms with van der Waals surface area (Å²) in [6.45, 7) is 0. The van der Waals surface area contributed by atoms with E-state index in [0.29, 0.717) is 0 Å². The standard InChI is InChI=1S/C15H17BrN2O/c1-17-14(13-5-3-4-8-18-13)10-11-9-12(16)6-7-15(11)19-2/h3-9,14,17H,10H2,1-2H3. The second kappa shape index (κ2) is 6.68. The second-order valence-electron chi connectivity index (χ2n) is 4.26. The molecule has 0 aliphatic rings. The fourth-order valence-corrected chi connectivity index (χ4v) is 2.47. The number of benzene rings is 1. The lowest BCUT2D eigenvalue weighted by Gasteiger charge is -2.17. The Morgan fingerprint density at radius 1 is 1.32 bits per heavy atom. The molecule has 0 bridgehead atoms. The van der Waals surface area contributed by atoms with Crippen LogP contribution in [0, 0.1) is 0 Å². The van der Waals surface area contributed by atoms with Crippen LogP contribution in [0.2, 0.25) is 0 Å². The smallest absolute Gasteiger partial charge is 0.122 e. The van der Waals surface area contributed by atoms with Crippen LogP contribution in [0.3, 0.4) is 0 Å². The molecule has 1 aromatic carbocycles. The Labute approximate surface area is 122 Å². The fourth-order valence-electron chi connectivity index (χ4n) is 2.06. The van der Waals surface area contributed by atoms with Crippen molar-refractivity contribution in [3.05, 3.63) is 58.3 Å². The SMILES string of the molecule is CNC(Cc1cc(Br)ccc1OC)c1ccccn1. The van der Waals surface area contributed by atoms with Gasteiger partial charge in [-0.1, -0.05) is 22.0 Å². The lowest BCUT2D eigenvalue weighted by Crippen LogP contribution is -2.20. The molecular formula is C15H17BrN2O. The van der Waals surface area contributed by atoms with Crippen molar-refractivity contribution in [1.82, 2.24) is 10.3 Å². The van der Waals surface area contributed by atoms with E-state index in [1.54, 1.807) is 7.11 Å². The molecule has 3 nitrogen and oxygen atoms in total. The van der Waals surface area contributed by atoms with Gasteiger partial charge in [0.15, 0.2) is 0 Å². The topological polar surface area (TPSA) is 34.1 Å². The van der Waals surface area contributed by atoms with Gasteiger partial charge in [-0.25, -0.2) is 0 Å². The first-order valence-corrected chi connectivity index (χ1v) is 6.94. The Morgan fingerprint density at radius 2 is 2.16 bits per heavy atom. The van der Waals surface area contributed by atoms with Crippen molar-refractivity contribution in [2.24, 2.45) is 0 Å². The lowest BCUT2D eigenvalue weighted by atomic mass is 10.0. The predicted octanol–water partition coefficient (Wildman–Crippen LogP) is 3.36. The van der Waals surface area contributed by atoms with Gasteiger partial charge in [0.1, 0.15) is 5.75 Å². The molecule has 1 aromatic heterocycles. The molecule has 19 heavy (non-hydrogen) atoms. The van der Waals surface area contributed by atoms with E-state index >= 15 is 0 Å². The van der Waals surface area contributed by atoms with E-state index in [0.717, 1.165) is 27.9 Å². The van der Waals surface area contributed by atoms with E-state index in [-0.39, 0.29) is 6.04 Å². The Bertz CT molecular complexity index is 531. The van der Waals surface area contributed by atoms with Gasteiger partial charge in [0, 0.05) is 10.7 Å². The fraction of sp³-hybridized carbons (Fsp3) is 0.267. The molecule has 0 amide bonds. The maximum Gasteiger partial charge on any atom is 0.122 e. The molecule has 2 aromatic rings. The number of hydrogen-bond donors (Lipinski definition) is 1. The van der Waals surface area contributed by atoms with E-state index in [9.17, 15) is 0 Å². The zero-order valence-electron chi connectivity index (χ0n) is 11.1. The number of likely N-dealkylation sites (N-methyl/N-ethyl adjacent to an activating group) is 1. The molecule has 0 fully saturated rings. The van der Waals surface area contributed by atoms with Gasteiger partial charge in [-0.3, -0.25) is 4.98 Å². The minimum Gasteiger partial charge on any atom is -0.496 e. The maximum absolute atomic E-state index is 5.41. The van der Waals surface area contributed by atoms with Crippen LogP contribution in [0.15, 0.2) is 47.1 Å². The van der Waals surface area contributed by atoms with Gasteiger partial charge in [-0.05, 0) is 49.4 Å². The molecule has 0 saturated carbocycles. The number of hydrogen-bond acceptors (Lipinski definition) is 3. The van der Waals surface area contributed by atoms with Crippen LogP contribution in [-0.2, 0) is 6.42 Å². The quantitative estimate of drug-likeness (QED) is 0.917. The summed E-state index contributed by atoms with van der Waals surface area (Å²) in [6, 6.07) is 12.2. The van der Waals surface area contributed by atoms with Crippen LogP contribution in [0.4, 0.5) is 0 Å². The molecule has 100 valence electrons. The molecule has 0 aliphatic heterocycles. The summed E-state index contributed by atoms with van der Waals surface area (Å²) in [7, 11) is 3.64. The Hall–Kier alpha value is -1.39. The number of aromatic nitrogens is 1. The largest absolute Gasteiger partial charge is 0.496 e. The second-order valence-corrected chi connectivity index (χ2v) is 5.17. The number of ether oxygens (including phenoxy) is 1. The van der Waals surface area contributed by atoms with Gasteiger partial charge in [-0.2, -0.15) is 0 Å². The van der Waals surface area contributed by atoms with Gasteiger partial charge >= 0.3 is 0 Å². The molecule has 4 heteroatoms. The summed E-state index contributed by atoms with van der Waals surface area (Å²) in [6.07, 6.45) is 2.65. The first-order chi connectivity index (χ1) is 9.24. The molecule has 1 atom stereocenters. The van der Waals surface area contributed by atoms with Crippen LogP contribution >= 0.6 is 15.9 Å². The van der Waals surface area contributed by atoms with E-state index in [1.165, 1.54) is 0 Å². The van der Waals surface area contributed by atoms with Crippen molar-refractivity contribution in [3.63, 3.8) is 0 Å². The molecular weight excluding hydrogens is 304 g/mol. The van der Waals surface area contributed by atoms with Crippen molar-refractivity contribution < 1.29 is 4.74 Å². The normalized spacial score (nSPS) is 12.2. The van der Waals surface area contributed by atoms with E-state index in [2.05, 4.69) is 32.3 Å². The summed E-state index contributed by atoms with van der Waals surface area (Å²) in [5, 5.41) is 3.30. The third-order valence-electron chi connectivity index (χ3n) is 3.06. The van der Waals surface area contributed by atoms with Gasteiger partial charge in [0.05, 0.1) is 18.8 Å². The number of pyridine rings is 1. The van der Waals surface area contributed by atoms with Crippen molar-refractivity contribution in [2.45, 2.75) is 12.5 Å². The van der Waals surface area contributed by atoms with Crippen molar-refractivity contribution in [3.8, 4) is 5.75 Å². The summed E-state index contributed by atoms with van der Waals surface area (Å²) in [5.74, 6) is 0.902. The molecule has 1 N–H and O–H groups in total. The van der Waals surface area contributed by atoms with Crippen molar-refractivity contribution >= 4 is 15.9 Å². The lowest BCUT2D eigenvalue weighted by molar-refractivity contribution is 0.406. The zero-order chi connectivity index (χ0) is 13.7. The monoisotopic (exact) mass is 320 g/mol. The van der Waals surface area contributed by atoms with E-state index in [1.807, 2.05) is 43.6 Å². The average molecular weight is 321 g/mol. The number of halogens is 1. The van der Waals surface area contributed by atoms with Crippen molar-refractivity contribution in [1.29, 1.82) is 0 Å². The molecule has 0 spiro atoms. The van der Waals surface area contributed by atoms with Crippen LogP contribution in [0.25, 0.3) is 0 Å². The maximum atomic E-state index is 5.41. The average Bonchev–Trinajstić information content (AvgIpc) is 2.46. The number of nitrogens with zero attached hydrogens (tertiary/aromatic N) is 1. The van der Waals surface area contributed by atoms with Crippen LogP contribution in [0.1, 0.15) is 17.3 Å². The molecule has 0 aliphatic carbocycles. The van der Waals surface area contributed by atoms with Gasteiger partial charge in [0.2, 0.25) is 0 Å². The first-order valence-electron chi connectivity index (χ1n) is 6.15.